The van der Waals surface area contributed by atoms with Crippen molar-refractivity contribution in [3.05, 3.63) is 200 Å². The van der Waals surface area contributed by atoms with Crippen LogP contribution in [0, 0.1) is 0 Å². The van der Waals surface area contributed by atoms with E-state index in [4.69, 9.17) is 4.42 Å². The fraction of sp³-hybridized carbons (Fsp3) is 0. The standard InChI is InChI=1S/C54H33N3O/c1-2-15-35(16-3-1)55-43-23-10-5-18-37(43)41-33-34(29-30-46(41)55)36-17-4-9-22-42(36)56-44-24-11-6-19-38(44)53-48(56)31-32-49-54(53)39-20-7-12-25-45(39)57(49)47-26-14-28-51-52(47)40-21-8-13-27-50(40)58-51/h1-33H. The summed E-state index contributed by atoms with van der Waals surface area (Å²) in [6, 6.07) is 72.4. The summed E-state index contributed by atoms with van der Waals surface area (Å²) < 4.78 is 13.7. The van der Waals surface area contributed by atoms with Gasteiger partial charge in [-0.3, -0.25) is 0 Å². The van der Waals surface area contributed by atoms with E-state index in [1.54, 1.807) is 0 Å². The van der Waals surface area contributed by atoms with E-state index >= 15 is 0 Å². The Kier molecular flexibility index (Phi) is 6.41. The average Bonchev–Trinajstić information content (AvgIpc) is 4.03. The van der Waals surface area contributed by atoms with Gasteiger partial charge in [0.25, 0.3) is 0 Å². The van der Waals surface area contributed by atoms with E-state index in [0.29, 0.717) is 0 Å². The monoisotopic (exact) mass is 739 g/mol. The Balaban J connectivity index is 1.09. The third-order valence-electron chi connectivity index (χ3n) is 12.2. The Morgan fingerprint density at radius 1 is 0.293 bits per heavy atom. The van der Waals surface area contributed by atoms with Crippen molar-refractivity contribution in [3.63, 3.8) is 0 Å². The van der Waals surface area contributed by atoms with Crippen LogP contribution < -0.4 is 0 Å². The van der Waals surface area contributed by atoms with Gasteiger partial charge in [-0.1, -0.05) is 121 Å². The van der Waals surface area contributed by atoms with Crippen molar-refractivity contribution in [1.29, 1.82) is 0 Å². The molecule has 4 nitrogen and oxygen atoms in total. The number of benzene rings is 9. The van der Waals surface area contributed by atoms with E-state index in [-0.39, 0.29) is 0 Å². The molecule has 4 heteroatoms. The summed E-state index contributed by atoms with van der Waals surface area (Å²) >= 11 is 0. The van der Waals surface area contributed by atoms with Gasteiger partial charge >= 0.3 is 0 Å². The molecule has 0 aliphatic rings. The largest absolute Gasteiger partial charge is 0.456 e. The minimum Gasteiger partial charge on any atom is -0.456 e. The molecule has 0 amide bonds. The normalized spacial score (nSPS) is 12.1. The van der Waals surface area contributed by atoms with Crippen molar-refractivity contribution in [2.24, 2.45) is 0 Å². The molecule has 9 aromatic carbocycles. The maximum absolute atomic E-state index is 6.39. The third-order valence-corrected chi connectivity index (χ3v) is 12.2. The van der Waals surface area contributed by atoms with E-state index in [2.05, 4.69) is 208 Å². The van der Waals surface area contributed by atoms with Gasteiger partial charge < -0.3 is 18.1 Å². The molecule has 4 aromatic heterocycles. The van der Waals surface area contributed by atoms with Crippen LogP contribution in [-0.4, -0.2) is 13.7 Å². The first-order chi connectivity index (χ1) is 28.8. The summed E-state index contributed by atoms with van der Waals surface area (Å²) in [5.74, 6) is 0. The number of hydrogen-bond acceptors (Lipinski definition) is 1. The molecule has 13 rings (SSSR count). The van der Waals surface area contributed by atoms with Crippen LogP contribution in [0.1, 0.15) is 0 Å². The third kappa shape index (κ3) is 4.23. The molecule has 0 atom stereocenters. The molecule has 270 valence electrons. The molecule has 0 radical (unpaired) electrons. The number of para-hydroxylation sites is 6. The van der Waals surface area contributed by atoms with Crippen molar-refractivity contribution < 1.29 is 4.42 Å². The van der Waals surface area contributed by atoms with Crippen LogP contribution in [0.15, 0.2) is 205 Å². The highest BCUT2D eigenvalue weighted by molar-refractivity contribution is 6.29. The molecule has 0 saturated carbocycles. The Labute approximate surface area is 332 Å². The van der Waals surface area contributed by atoms with Crippen molar-refractivity contribution in [3.8, 4) is 28.2 Å². The van der Waals surface area contributed by atoms with Crippen molar-refractivity contribution in [1.82, 2.24) is 13.7 Å². The number of rotatable bonds is 4. The molecule has 0 aliphatic heterocycles. The van der Waals surface area contributed by atoms with Gasteiger partial charge in [0.1, 0.15) is 11.2 Å². The predicted molar refractivity (Wildman–Crippen MR) is 242 cm³/mol. The van der Waals surface area contributed by atoms with Crippen LogP contribution in [0.3, 0.4) is 0 Å². The molecule has 0 saturated heterocycles. The zero-order chi connectivity index (χ0) is 37.9. The van der Waals surface area contributed by atoms with Crippen LogP contribution in [0.2, 0.25) is 0 Å². The summed E-state index contributed by atoms with van der Waals surface area (Å²) in [7, 11) is 0. The first kappa shape index (κ1) is 31.4. The fourth-order valence-electron chi connectivity index (χ4n) is 9.89. The Bertz CT molecular complexity index is 3800. The Hall–Kier alpha value is -7.82. The van der Waals surface area contributed by atoms with Crippen LogP contribution in [0.4, 0.5) is 0 Å². The molecule has 13 aromatic rings. The van der Waals surface area contributed by atoms with Gasteiger partial charge in [-0.25, -0.2) is 0 Å². The lowest BCUT2D eigenvalue weighted by atomic mass is 10.0. The summed E-state index contributed by atoms with van der Waals surface area (Å²) in [5, 5.41) is 9.69. The van der Waals surface area contributed by atoms with Crippen LogP contribution >= 0.6 is 0 Å². The van der Waals surface area contributed by atoms with E-state index in [1.165, 1.54) is 76.5 Å². The maximum atomic E-state index is 6.39. The lowest BCUT2D eigenvalue weighted by molar-refractivity contribution is 0.669. The van der Waals surface area contributed by atoms with E-state index < -0.39 is 0 Å². The highest BCUT2D eigenvalue weighted by Crippen LogP contribution is 2.45. The summed E-state index contributed by atoms with van der Waals surface area (Å²) in [6.45, 7) is 0. The molecule has 0 aliphatic carbocycles. The number of fused-ring (bicyclic) bond motifs is 13. The number of nitrogens with zero attached hydrogens (tertiary/aromatic N) is 3. The number of furan rings is 1. The van der Waals surface area contributed by atoms with Gasteiger partial charge in [-0.15, -0.1) is 0 Å². The summed E-state index contributed by atoms with van der Waals surface area (Å²) in [5.41, 5.74) is 14.7. The van der Waals surface area contributed by atoms with Crippen molar-refractivity contribution >= 4 is 87.4 Å². The Morgan fingerprint density at radius 3 is 1.55 bits per heavy atom. The van der Waals surface area contributed by atoms with Gasteiger partial charge in [0.15, 0.2) is 0 Å². The molecule has 0 N–H and O–H groups in total. The van der Waals surface area contributed by atoms with Crippen LogP contribution in [0.5, 0.6) is 0 Å². The zero-order valence-electron chi connectivity index (χ0n) is 31.3. The molecule has 4 heterocycles. The molecule has 0 bridgehead atoms. The van der Waals surface area contributed by atoms with Gasteiger partial charge in [-0.05, 0) is 84.4 Å². The van der Waals surface area contributed by atoms with Crippen molar-refractivity contribution in [2.75, 3.05) is 0 Å². The number of aromatic nitrogens is 3. The lowest BCUT2D eigenvalue weighted by Crippen LogP contribution is -1.97. The van der Waals surface area contributed by atoms with Gasteiger partial charge in [0.2, 0.25) is 0 Å². The topological polar surface area (TPSA) is 27.9 Å². The summed E-state index contributed by atoms with van der Waals surface area (Å²) in [4.78, 5) is 0. The summed E-state index contributed by atoms with van der Waals surface area (Å²) in [6.07, 6.45) is 0. The van der Waals surface area contributed by atoms with Gasteiger partial charge in [-0.2, -0.15) is 0 Å². The first-order valence-electron chi connectivity index (χ1n) is 19.9. The van der Waals surface area contributed by atoms with Crippen LogP contribution in [0.25, 0.3) is 116 Å². The molecular formula is C54H33N3O. The second kappa shape index (κ2) is 11.8. The first-order valence-corrected chi connectivity index (χ1v) is 19.9. The second-order valence-corrected chi connectivity index (χ2v) is 15.2. The van der Waals surface area contributed by atoms with Gasteiger partial charge in [0, 0.05) is 49.0 Å². The predicted octanol–water partition coefficient (Wildman–Crippen LogP) is 14.5. The fourth-order valence-corrected chi connectivity index (χ4v) is 9.89. The van der Waals surface area contributed by atoms with E-state index in [1.807, 2.05) is 6.07 Å². The Morgan fingerprint density at radius 2 is 0.810 bits per heavy atom. The molecule has 58 heavy (non-hydrogen) atoms. The smallest absolute Gasteiger partial charge is 0.137 e. The van der Waals surface area contributed by atoms with E-state index in [9.17, 15) is 0 Å². The highest BCUT2D eigenvalue weighted by atomic mass is 16.3. The zero-order valence-corrected chi connectivity index (χ0v) is 31.3. The molecule has 0 fully saturated rings. The highest BCUT2D eigenvalue weighted by Gasteiger charge is 2.23. The van der Waals surface area contributed by atoms with Gasteiger partial charge in [0.05, 0.1) is 49.9 Å². The molecule has 0 unspecified atom stereocenters. The molecule has 0 spiro atoms. The van der Waals surface area contributed by atoms with Crippen molar-refractivity contribution in [2.45, 2.75) is 0 Å². The second-order valence-electron chi connectivity index (χ2n) is 15.2. The minimum atomic E-state index is 0.890. The maximum Gasteiger partial charge on any atom is 0.137 e. The quantitative estimate of drug-likeness (QED) is 0.177. The lowest BCUT2D eigenvalue weighted by Gasteiger charge is -2.15. The van der Waals surface area contributed by atoms with Crippen LogP contribution in [-0.2, 0) is 0 Å². The minimum absolute atomic E-state index is 0.890. The van der Waals surface area contributed by atoms with E-state index in [0.717, 1.165) is 39.0 Å². The molecular weight excluding hydrogens is 707 g/mol. The number of hydrogen-bond donors (Lipinski definition) is 0. The average molecular weight is 740 g/mol. The SMILES string of the molecule is c1ccc(-n2c3ccccc3c3cc(-c4ccccc4-n4c5ccccc5c5c6c7ccccc7n(-c7cccc8oc9ccccc9c78)c6ccc54)ccc32)cc1.